The van der Waals surface area contributed by atoms with Crippen LogP contribution in [0.2, 0.25) is 0 Å². The number of carbonyl (C=O) groups is 2. The zero-order valence-corrected chi connectivity index (χ0v) is 23.7. The second-order valence-corrected chi connectivity index (χ2v) is 9.34. The number of rotatable bonds is 11. The molecular weight excluding hydrogens is 522 g/mol. The van der Waals surface area contributed by atoms with Crippen LogP contribution in [-0.2, 0) is 22.6 Å². The van der Waals surface area contributed by atoms with Gasteiger partial charge in [0.1, 0.15) is 5.82 Å². The van der Waals surface area contributed by atoms with Crippen LogP contribution in [0.1, 0.15) is 30.0 Å². The van der Waals surface area contributed by atoms with Crippen molar-refractivity contribution in [2.75, 3.05) is 65.5 Å². The van der Waals surface area contributed by atoms with E-state index in [4.69, 9.17) is 14.2 Å². The molecule has 11 heteroatoms. The van der Waals surface area contributed by atoms with E-state index < -0.39 is 0 Å². The molecule has 3 amide bonds. The van der Waals surface area contributed by atoms with Gasteiger partial charge < -0.3 is 24.0 Å². The number of ether oxygens (including phenoxy) is 3. The minimum Gasteiger partial charge on any atom is -0.493 e. The van der Waals surface area contributed by atoms with Crippen LogP contribution in [0.5, 0.6) is 11.5 Å². The average molecular weight is 560 g/mol. The van der Waals surface area contributed by atoms with Crippen LogP contribution in [-0.4, -0.2) is 91.8 Å². The lowest BCUT2D eigenvalue weighted by atomic mass is 10.1. The number of amides is 3. The lowest BCUT2D eigenvalue weighted by molar-refractivity contribution is -0.125. The Bertz CT molecular complexity index is 1160. The van der Waals surface area contributed by atoms with Gasteiger partial charge in [0, 0.05) is 63.2 Å². The smallest absolute Gasteiger partial charge is 0.323 e. The predicted molar refractivity (Wildman–Crippen MR) is 152 cm³/mol. The van der Waals surface area contributed by atoms with Gasteiger partial charge >= 0.3 is 6.03 Å². The van der Waals surface area contributed by atoms with E-state index in [2.05, 4.69) is 15.2 Å². The molecule has 4 rings (SSSR count). The fraction of sp³-hybridized carbons (Fsp3) is 0.464. The first-order valence-corrected chi connectivity index (χ1v) is 13.0. The van der Waals surface area contributed by atoms with Crippen molar-refractivity contribution in [1.82, 2.24) is 19.7 Å². The summed E-state index contributed by atoms with van der Waals surface area (Å²) in [6.07, 6.45) is 5.84. The number of pyridine rings is 1. The van der Waals surface area contributed by atoms with Gasteiger partial charge in [0.25, 0.3) is 0 Å². The summed E-state index contributed by atoms with van der Waals surface area (Å²) in [5, 5.41) is 2.88. The maximum atomic E-state index is 12.8. The van der Waals surface area contributed by atoms with Crippen LogP contribution in [0.3, 0.4) is 0 Å². The van der Waals surface area contributed by atoms with E-state index in [9.17, 15) is 9.59 Å². The summed E-state index contributed by atoms with van der Waals surface area (Å²) in [6.45, 7) is 8.31. The molecule has 39 heavy (non-hydrogen) atoms. The maximum absolute atomic E-state index is 12.8. The number of urea groups is 1. The Labute approximate surface area is 236 Å². The summed E-state index contributed by atoms with van der Waals surface area (Å²) in [7, 11) is 3.35. The number of likely N-dealkylation sites (N-methyl/N-ethyl adjacent to an activating group) is 1. The van der Waals surface area contributed by atoms with Gasteiger partial charge in [0.2, 0.25) is 5.91 Å². The third-order valence-electron chi connectivity index (χ3n) is 6.64. The normalized spacial score (nSPS) is 15.4. The highest BCUT2D eigenvalue weighted by molar-refractivity contribution is 5.93. The van der Waals surface area contributed by atoms with Gasteiger partial charge in [-0.25, -0.2) is 9.78 Å². The quantitative estimate of drug-likeness (QED) is 0.420. The number of hydrogen-bond acceptors (Lipinski definition) is 7. The molecule has 0 saturated carbocycles. The largest absolute Gasteiger partial charge is 0.493 e. The second-order valence-electron chi connectivity index (χ2n) is 9.34. The van der Waals surface area contributed by atoms with Gasteiger partial charge in [-0.2, -0.15) is 0 Å². The summed E-state index contributed by atoms with van der Waals surface area (Å²) >= 11 is 0. The lowest BCUT2D eigenvalue weighted by Gasteiger charge is -2.31. The van der Waals surface area contributed by atoms with Crippen molar-refractivity contribution in [3.8, 4) is 11.5 Å². The Hall–Kier alpha value is -3.34. The molecule has 1 aromatic carbocycles. The van der Waals surface area contributed by atoms with Gasteiger partial charge in [-0.1, -0.05) is 12.1 Å². The number of nitrogens with one attached hydrogen (secondary N) is 1. The molecule has 2 aliphatic rings. The highest BCUT2D eigenvalue weighted by Crippen LogP contribution is 2.32. The van der Waals surface area contributed by atoms with Crippen molar-refractivity contribution in [3.63, 3.8) is 0 Å². The van der Waals surface area contributed by atoms with Crippen LogP contribution < -0.4 is 14.8 Å². The van der Waals surface area contributed by atoms with Gasteiger partial charge in [-0.05, 0) is 37.1 Å². The van der Waals surface area contributed by atoms with E-state index in [0.29, 0.717) is 43.6 Å². The number of morpholine rings is 1. The van der Waals surface area contributed by atoms with Crippen molar-refractivity contribution in [2.24, 2.45) is 0 Å². The average Bonchev–Trinajstić information content (AvgIpc) is 2.93. The summed E-state index contributed by atoms with van der Waals surface area (Å²) in [5.41, 5.74) is 2.60. The molecule has 0 aliphatic carbocycles. The highest BCUT2D eigenvalue weighted by Gasteiger charge is 2.23. The molecule has 212 valence electrons. The molecule has 1 N–H and O–H groups in total. The number of fused-ring (bicyclic) bond motifs is 1. The maximum Gasteiger partial charge on any atom is 0.323 e. The van der Waals surface area contributed by atoms with Gasteiger partial charge in [0.05, 0.1) is 33.5 Å². The Balaban J connectivity index is 0.00000420. The molecule has 2 aliphatic heterocycles. The minimum atomic E-state index is -0.147. The molecule has 0 unspecified atom stereocenters. The number of hydrogen-bond donors (Lipinski definition) is 1. The van der Waals surface area contributed by atoms with Crippen molar-refractivity contribution < 1.29 is 23.8 Å². The third kappa shape index (κ3) is 8.08. The molecule has 0 spiro atoms. The zero-order valence-electron chi connectivity index (χ0n) is 22.9. The highest BCUT2D eigenvalue weighted by atomic mass is 35.5. The SMILES string of the molecule is CCOc1c(CN(C)C(=O)/C=C/c2cnc3c(c2)CN(CCCN2CCOCC2)C(=O)N3)cccc1OC.Cl. The molecule has 3 heterocycles. The Kier molecular flexibility index (Phi) is 11.4. The van der Waals surface area contributed by atoms with Crippen LogP contribution in [0.4, 0.5) is 10.6 Å². The topological polar surface area (TPSA) is 96.5 Å². The van der Waals surface area contributed by atoms with E-state index in [1.165, 1.54) is 6.08 Å². The van der Waals surface area contributed by atoms with Crippen LogP contribution in [0, 0.1) is 0 Å². The van der Waals surface area contributed by atoms with E-state index in [0.717, 1.165) is 56.0 Å². The number of anilines is 1. The van der Waals surface area contributed by atoms with Gasteiger partial charge in [-0.15, -0.1) is 12.4 Å². The fourth-order valence-electron chi connectivity index (χ4n) is 4.58. The lowest BCUT2D eigenvalue weighted by Crippen LogP contribution is -2.42. The van der Waals surface area contributed by atoms with Crippen molar-refractivity contribution in [1.29, 1.82) is 0 Å². The van der Waals surface area contributed by atoms with Crippen molar-refractivity contribution in [2.45, 2.75) is 26.4 Å². The molecule has 2 aromatic rings. The van der Waals surface area contributed by atoms with Crippen molar-refractivity contribution >= 4 is 36.2 Å². The molecule has 1 saturated heterocycles. The van der Waals surface area contributed by atoms with E-state index in [-0.39, 0.29) is 24.3 Å². The minimum absolute atomic E-state index is 0. The van der Waals surface area contributed by atoms with Crippen molar-refractivity contribution in [3.05, 3.63) is 53.2 Å². The third-order valence-corrected chi connectivity index (χ3v) is 6.64. The van der Waals surface area contributed by atoms with Crippen LogP contribution in [0.25, 0.3) is 6.08 Å². The molecular formula is C28H38ClN5O5. The number of methoxy groups -OCH3 is 1. The molecule has 0 atom stereocenters. The fourth-order valence-corrected chi connectivity index (χ4v) is 4.58. The van der Waals surface area contributed by atoms with Crippen LogP contribution >= 0.6 is 12.4 Å². The van der Waals surface area contributed by atoms with E-state index in [1.807, 2.05) is 31.2 Å². The monoisotopic (exact) mass is 559 g/mol. The number of carbonyl (C=O) groups excluding carboxylic acids is 2. The molecule has 10 nitrogen and oxygen atoms in total. The molecule has 1 fully saturated rings. The van der Waals surface area contributed by atoms with Gasteiger partial charge in [-0.3, -0.25) is 15.0 Å². The van der Waals surface area contributed by atoms with Gasteiger partial charge in [0.15, 0.2) is 11.5 Å². The summed E-state index contributed by atoms with van der Waals surface area (Å²) in [6, 6.07) is 7.49. The summed E-state index contributed by atoms with van der Waals surface area (Å²) in [5.74, 6) is 1.72. The Morgan fingerprint density at radius 1 is 1.26 bits per heavy atom. The predicted octanol–water partition coefficient (Wildman–Crippen LogP) is 3.65. The number of benzene rings is 1. The Morgan fingerprint density at radius 2 is 2.05 bits per heavy atom. The number of halogens is 1. The molecule has 0 radical (unpaired) electrons. The van der Waals surface area contributed by atoms with E-state index in [1.54, 1.807) is 36.2 Å². The Morgan fingerprint density at radius 3 is 2.79 bits per heavy atom. The zero-order chi connectivity index (χ0) is 26.9. The molecule has 1 aromatic heterocycles. The first kappa shape index (κ1) is 30.2. The summed E-state index contributed by atoms with van der Waals surface area (Å²) in [4.78, 5) is 35.6. The van der Waals surface area contributed by atoms with E-state index >= 15 is 0 Å². The number of nitrogens with zero attached hydrogens (tertiary/aromatic N) is 4. The number of aromatic nitrogens is 1. The number of para-hydroxylation sites is 1. The first-order valence-electron chi connectivity index (χ1n) is 13.0. The molecule has 0 bridgehead atoms. The summed E-state index contributed by atoms with van der Waals surface area (Å²) < 4.78 is 16.6. The first-order chi connectivity index (χ1) is 18.5. The van der Waals surface area contributed by atoms with Crippen LogP contribution in [0.15, 0.2) is 36.5 Å². The second kappa shape index (κ2) is 14.7. The standard InChI is InChI=1S/C28H37N5O5.ClH/c1-4-38-26-22(7-5-8-24(26)36-3)19-31(2)25(34)10-9-21-17-23-20-33(28(35)30-27(23)29-18-21)12-6-11-32-13-15-37-16-14-32;/h5,7-10,17-18H,4,6,11-16,19-20H2,1-3H3,(H,29,30,35);1H/b10-9+;.